The van der Waals surface area contributed by atoms with Gasteiger partial charge < -0.3 is 0 Å². The van der Waals surface area contributed by atoms with Gasteiger partial charge in [0, 0.05) is 6.42 Å². The summed E-state index contributed by atoms with van der Waals surface area (Å²) in [5.41, 5.74) is 0.757. The molecule has 0 N–H and O–H groups in total. The molecule has 0 amide bonds. The number of nitriles is 1. The van der Waals surface area contributed by atoms with Crippen molar-refractivity contribution in [1.82, 2.24) is 0 Å². The van der Waals surface area contributed by atoms with E-state index in [0.29, 0.717) is 12.0 Å². The summed E-state index contributed by atoms with van der Waals surface area (Å²) in [6.45, 7) is 3.64. The number of hydrogen-bond acceptors (Lipinski definition) is 1. The number of hydrogen-bond donors (Lipinski definition) is 0. The Labute approximate surface area is 84.6 Å². The van der Waals surface area contributed by atoms with E-state index in [1.54, 1.807) is 12.1 Å². The third-order valence-corrected chi connectivity index (χ3v) is 1.87. The first kappa shape index (κ1) is 9.94. The Morgan fingerprint density at radius 3 is 2.85 bits per heavy atom. The Bertz CT molecular complexity index is 379. The lowest BCUT2D eigenvalue weighted by Crippen LogP contribution is -1.93. The van der Waals surface area contributed by atoms with Gasteiger partial charge in [-0.2, -0.15) is 5.26 Å². The van der Waals surface area contributed by atoms with Crippen molar-refractivity contribution in [2.45, 2.75) is 6.42 Å². The highest BCUT2D eigenvalue weighted by Crippen LogP contribution is 2.17. The summed E-state index contributed by atoms with van der Waals surface area (Å²) >= 11 is 3.17. The zero-order valence-corrected chi connectivity index (χ0v) is 8.44. The largest absolute Gasteiger partial charge is 0.206 e. The van der Waals surface area contributed by atoms with Crippen LogP contribution in [0.25, 0.3) is 0 Å². The van der Waals surface area contributed by atoms with Crippen LogP contribution in [0.3, 0.4) is 0 Å². The van der Waals surface area contributed by atoms with E-state index in [4.69, 9.17) is 5.26 Å². The molecule has 0 saturated heterocycles. The monoisotopic (exact) mass is 239 g/mol. The number of allylic oxidation sites excluding steroid dienone is 1. The molecular formula is C10H7BrFN. The summed E-state index contributed by atoms with van der Waals surface area (Å²) in [6, 6.07) is 6.41. The third-order valence-electron chi connectivity index (χ3n) is 1.59. The second-order valence-electron chi connectivity index (χ2n) is 2.58. The van der Waals surface area contributed by atoms with Gasteiger partial charge in [0.2, 0.25) is 0 Å². The lowest BCUT2D eigenvalue weighted by molar-refractivity contribution is 0.622. The van der Waals surface area contributed by atoms with Gasteiger partial charge in [-0.05, 0) is 16.1 Å². The number of halogens is 2. The van der Waals surface area contributed by atoms with Gasteiger partial charge in [-0.1, -0.05) is 34.6 Å². The standard InChI is InChI=1S/C10H7BrFN/c1-7(11)5-8-3-2-4-10(12)9(8)6-13/h2-4H,1,5H2. The van der Waals surface area contributed by atoms with E-state index in [9.17, 15) is 4.39 Å². The summed E-state index contributed by atoms with van der Waals surface area (Å²) in [5.74, 6) is -0.478. The quantitative estimate of drug-likeness (QED) is 0.778. The first-order valence-corrected chi connectivity index (χ1v) is 4.45. The minimum atomic E-state index is -0.478. The van der Waals surface area contributed by atoms with Gasteiger partial charge in [0.15, 0.2) is 0 Å². The first-order valence-electron chi connectivity index (χ1n) is 3.66. The molecule has 0 aromatic heterocycles. The SMILES string of the molecule is C=C(Br)Cc1cccc(F)c1C#N. The molecule has 0 saturated carbocycles. The van der Waals surface area contributed by atoms with Gasteiger partial charge in [0.25, 0.3) is 0 Å². The van der Waals surface area contributed by atoms with Crippen molar-refractivity contribution in [2.75, 3.05) is 0 Å². The molecule has 0 unspecified atom stereocenters. The van der Waals surface area contributed by atoms with Crippen LogP contribution in [-0.2, 0) is 6.42 Å². The molecule has 1 aromatic carbocycles. The fraction of sp³-hybridized carbons (Fsp3) is 0.100. The average Bonchev–Trinajstić information content (AvgIpc) is 2.03. The summed E-state index contributed by atoms with van der Waals surface area (Å²) in [6.07, 6.45) is 0.473. The Hall–Kier alpha value is -1.14. The van der Waals surface area contributed by atoms with Gasteiger partial charge in [-0.15, -0.1) is 0 Å². The van der Waals surface area contributed by atoms with Crippen molar-refractivity contribution in [2.24, 2.45) is 0 Å². The Morgan fingerprint density at radius 2 is 2.31 bits per heavy atom. The first-order chi connectivity index (χ1) is 6.15. The van der Waals surface area contributed by atoms with E-state index in [0.717, 1.165) is 4.48 Å². The van der Waals surface area contributed by atoms with Gasteiger partial charge in [0.05, 0.1) is 5.56 Å². The number of benzene rings is 1. The molecular weight excluding hydrogens is 233 g/mol. The second-order valence-corrected chi connectivity index (χ2v) is 3.70. The van der Waals surface area contributed by atoms with Gasteiger partial charge in [-0.3, -0.25) is 0 Å². The van der Waals surface area contributed by atoms with Crippen molar-refractivity contribution in [1.29, 1.82) is 5.26 Å². The van der Waals surface area contributed by atoms with E-state index >= 15 is 0 Å². The predicted molar refractivity (Wildman–Crippen MR) is 52.9 cm³/mol. The van der Waals surface area contributed by atoms with Gasteiger partial charge >= 0.3 is 0 Å². The zero-order chi connectivity index (χ0) is 9.84. The molecule has 1 nitrogen and oxygen atoms in total. The summed E-state index contributed by atoms with van der Waals surface area (Å²) in [7, 11) is 0. The molecule has 3 heteroatoms. The smallest absolute Gasteiger partial charge is 0.141 e. The Balaban J connectivity index is 3.14. The van der Waals surface area contributed by atoms with Crippen LogP contribution in [0.15, 0.2) is 29.3 Å². The average molecular weight is 240 g/mol. The molecule has 0 aliphatic rings. The Morgan fingerprint density at radius 1 is 1.62 bits per heavy atom. The maximum Gasteiger partial charge on any atom is 0.141 e. The van der Waals surface area contributed by atoms with Crippen LogP contribution in [-0.4, -0.2) is 0 Å². The van der Waals surface area contributed by atoms with Crippen LogP contribution in [0.1, 0.15) is 11.1 Å². The van der Waals surface area contributed by atoms with E-state index in [-0.39, 0.29) is 5.56 Å². The molecule has 0 aliphatic carbocycles. The second kappa shape index (κ2) is 4.20. The number of nitrogens with zero attached hydrogens (tertiary/aromatic N) is 1. The summed E-state index contributed by atoms with van der Waals surface area (Å²) < 4.78 is 13.8. The molecule has 0 atom stereocenters. The fourth-order valence-corrected chi connectivity index (χ4v) is 1.35. The highest BCUT2D eigenvalue weighted by molar-refractivity contribution is 9.11. The molecule has 0 radical (unpaired) electrons. The zero-order valence-electron chi connectivity index (χ0n) is 6.85. The van der Waals surface area contributed by atoms with E-state index in [1.807, 2.05) is 6.07 Å². The highest BCUT2D eigenvalue weighted by Gasteiger charge is 2.07. The van der Waals surface area contributed by atoms with Crippen LogP contribution in [0.5, 0.6) is 0 Å². The van der Waals surface area contributed by atoms with E-state index < -0.39 is 5.82 Å². The Kier molecular flexibility index (Phi) is 3.21. The normalized spacial score (nSPS) is 9.31. The minimum Gasteiger partial charge on any atom is -0.206 e. The summed E-state index contributed by atoms with van der Waals surface area (Å²) in [4.78, 5) is 0. The number of rotatable bonds is 2. The molecule has 0 spiro atoms. The van der Waals surface area contributed by atoms with Crippen LogP contribution in [0.4, 0.5) is 4.39 Å². The lowest BCUT2D eigenvalue weighted by atomic mass is 10.1. The molecule has 0 bridgehead atoms. The molecule has 1 aromatic rings. The van der Waals surface area contributed by atoms with E-state index in [1.165, 1.54) is 6.07 Å². The minimum absolute atomic E-state index is 0.100. The van der Waals surface area contributed by atoms with Crippen LogP contribution in [0.2, 0.25) is 0 Å². The van der Waals surface area contributed by atoms with Crippen LogP contribution < -0.4 is 0 Å². The van der Waals surface area contributed by atoms with E-state index in [2.05, 4.69) is 22.5 Å². The van der Waals surface area contributed by atoms with Gasteiger partial charge in [-0.25, -0.2) is 4.39 Å². The summed E-state index contributed by atoms with van der Waals surface area (Å²) in [5, 5.41) is 8.68. The highest BCUT2D eigenvalue weighted by atomic mass is 79.9. The van der Waals surface area contributed by atoms with Crippen molar-refractivity contribution in [3.05, 3.63) is 46.2 Å². The molecule has 13 heavy (non-hydrogen) atoms. The van der Waals surface area contributed by atoms with Crippen molar-refractivity contribution >= 4 is 15.9 Å². The molecule has 0 aliphatic heterocycles. The van der Waals surface area contributed by atoms with Crippen LogP contribution >= 0.6 is 15.9 Å². The van der Waals surface area contributed by atoms with Crippen molar-refractivity contribution in [3.8, 4) is 6.07 Å². The van der Waals surface area contributed by atoms with Gasteiger partial charge in [0.1, 0.15) is 11.9 Å². The fourth-order valence-electron chi connectivity index (χ4n) is 1.05. The molecule has 0 heterocycles. The molecule has 0 fully saturated rings. The predicted octanol–water partition coefficient (Wildman–Crippen LogP) is 3.15. The lowest BCUT2D eigenvalue weighted by Gasteiger charge is -2.02. The maximum absolute atomic E-state index is 13.0. The van der Waals surface area contributed by atoms with Crippen molar-refractivity contribution in [3.63, 3.8) is 0 Å². The van der Waals surface area contributed by atoms with Crippen LogP contribution in [0, 0.1) is 17.1 Å². The molecule has 66 valence electrons. The topological polar surface area (TPSA) is 23.8 Å². The third kappa shape index (κ3) is 2.40. The molecule has 1 rings (SSSR count). The maximum atomic E-state index is 13.0. The van der Waals surface area contributed by atoms with Crippen molar-refractivity contribution < 1.29 is 4.39 Å².